The minimum Gasteiger partial charge on any atom is -0.202 e. The van der Waals surface area contributed by atoms with Gasteiger partial charge in [0, 0.05) is 4.88 Å². The minimum absolute atomic E-state index is 0.536. The molecule has 0 saturated heterocycles. The maximum Gasteiger partial charge on any atom is 0.200 e. The second-order valence-corrected chi connectivity index (χ2v) is 5.66. The van der Waals surface area contributed by atoms with Gasteiger partial charge in [0.25, 0.3) is 0 Å². The predicted octanol–water partition coefficient (Wildman–Crippen LogP) is 5.79. The van der Waals surface area contributed by atoms with Gasteiger partial charge in [0.2, 0.25) is 5.82 Å². The first-order valence-electron chi connectivity index (χ1n) is 6.85. The van der Waals surface area contributed by atoms with Crippen LogP contribution in [0, 0.1) is 61.7 Å². The highest BCUT2D eigenvalue weighted by Gasteiger charge is 2.24. The maximum atomic E-state index is 13.5. The molecule has 0 spiro atoms. The maximum absolute atomic E-state index is 13.5. The summed E-state index contributed by atoms with van der Waals surface area (Å²) in [6.45, 7) is 9.50. The van der Waals surface area contributed by atoms with Crippen molar-refractivity contribution in [3.63, 3.8) is 0 Å². The molecule has 124 valence electrons. The van der Waals surface area contributed by atoms with Crippen molar-refractivity contribution in [3.05, 3.63) is 55.5 Å². The van der Waals surface area contributed by atoms with Crippen LogP contribution in [0.4, 0.5) is 22.0 Å². The Morgan fingerprint density at radius 1 is 0.652 bits per heavy atom. The lowest BCUT2D eigenvalue weighted by atomic mass is 10.1. The fourth-order valence-corrected chi connectivity index (χ4v) is 2.71. The Morgan fingerprint density at radius 2 is 1.09 bits per heavy atom. The van der Waals surface area contributed by atoms with Gasteiger partial charge in [-0.3, -0.25) is 0 Å². The van der Waals surface area contributed by atoms with Crippen LogP contribution in [0.1, 0.15) is 40.3 Å². The van der Waals surface area contributed by atoms with Crippen molar-refractivity contribution in [1.82, 2.24) is 0 Å². The summed E-state index contributed by atoms with van der Waals surface area (Å²) < 4.78 is 65.9. The van der Waals surface area contributed by atoms with E-state index in [9.17, 15) is 22.0 Å². The van der Waals surface area contributed by atoms with Crippen molar-refractivity contribution in [1.29, 1.82) is 0 Å². The third kappa shape index (κ3) is 3.56. The third-order valence-corrected chi connectivity index (χ3v) is 4.42. The number of rotatable bonds is 0. The van der Waals surface area contributed by atoms with Crippen molar-refractivity contribution in [2.45, 2.75) is 34.6 Å². The van der Waals surface area contributed by atoms with Crippen LogP contribution in [0.5, 0.6) is 0 Å². The number of benzene rings is 1. The van der Waals surface area contributed by atoms with E-state index in [2.05, 4.69) is 11.8 Å². The van der Waals surface area contributed by atoms with Crippen LogP contribution >= 0.6 is 11.3 Å². The van der Waals surface area contributed by atoms with Gasteiger partial charge in [-0.2, -0.15) is 0 Å². The lowest BCUT2D eigenvalue weighted by Gasteiger charge is -2.02. The molecule has 0 aliphatic carbocycles. The van der Waals surface area contributed by atoms with Gasteiger partial charge in [-0.15, -0.1) is 11.3 Å². The Bertz CT molecular complexity index is 765. The van der Waals surface area contributed by atoms with E-state index in [-0.39, 0.29) is 0 Å². The smallest absolute Gasteiger partial charge is 0.200 e. The van der Waals surface area contributed by atoms with Gasteiger partial charge in [0.1, 0.15) is 5.56 Å². The topological polar surface area (TPSA) is 0 Å². The summed E-state index contributed by atoms with van der Waals surface area (Å²) in [7, 11) is 0. The molecule has 0 N–H and O–H groups in total. The molecule has 0 unspecified atom stereocenters. The normalized spacial score (nSPS) is 9.83. The van der Waals surface area contributed by atoms with E-state index in [0.717, 1.165) is 16.0 Å². The van der Waals surface area contributed by atoms with E-state index >= 15 is 0 Å². The van der Waals surface area contributed by atoms with Crippen molar-refractivity contribution in [2.75, 3.05) is 0 Å². The molecule has 2 aromatic rings. The zero-order valence-electron chi connectivity index (χ0n) is 13.3. The second kappa shape index (κ2) is 7.60. The van der Waals surface area contributed by atoms with Gasteiger partial charge in [0.05, 0.1) is 4.88 Å². The summed E-state index contributed by atoms with van der Waals surface area (Å²) in [4.78, 5) is 1.52. The predicted molar refractivity (Wildman–Crippen MR) is 82.1 cm³/mol. The summed E-state index contributed by atoms with van der Waals surface area (Å²) >= 11 is 1.30. The lowest BCUT2D eigenvalue weighted by molar-refractivity contribution is 0.376. The Kier molecular flexibility index (Phi) is 6.34. The summed E-state index contributed by atoms with van der Waals surface area (Å²) in [5.41, 5.74) is 0.699. The van der Waals surface area contributed by atoms with E-state index in [4.69, 9.17) is 0 Å². The van der Waals surface area contributed by atoms with Gasteiger partial charge in [-0.05, 0) is 31.9 Å². The van der Waals surface area contributed by atoms with Crippen LogP contribution in [0.3, 0.4) is 0 Å². The monoisotopic (exact) mass is 346 g/mol. The average Bonchev–Trinajstić information content (AvgIpc) is 2.80. The second-order valence-electron chi connectivity index (χ2n) is 4.43. The number of halogens is 5. The van der Waals surface area contributed by atoms with Gasteiger partial charge >= 0.3 is 0 Å². The van der Waals surface area contributed by atoms with Gasteiger partial charge in [-0.25, -0.2) is 22.0 Å². The van der Waals surface area contributed by atoms with Gasteiger partial charge < -0.3 is 0 Å². The van der Waals surface area contributed by atoms with Crippen molar-refractivity contribution in [3.8, 4) is 11.8 Å². The first-order chi connectivity index (χ1) is 10.8. The molecule has 0 fully saturated rings. The zero-order chi connectivity index (χ0) is 17.9. The molecule has 0 nitrogen and oxygen atoms in total. The van der Waals surface area contributed by atoms with Crippen molar-refractivity contribution >= 4 is 11.3 Å². The van der Waals surface area contributed by atoms with E-state index in [0.29, 0.717) is 4.88 Å². The van der Waals surface area contributed by atoms with Crippen LogP contribution in [-0.2, 0) is 0 Å². The Balaban J connectivity index is 0.00000127. The molecule has 23 heavy (non-hydrogen) atoms. The Labute approximate surface area is 136 Å². The van der Waals surface area contributed by atoms with Crippen LogP contribution in [0.2, 0.25) is 0 Å². The summed E-state index contributed by atoms with van der Waals surface area (Å²) in [5.74, 6) is -5.47. The van der Waals surface area contributed by atoms with Crippen LogP contribution < -0.4 is 0 Å². The fraction of sp³-hybridized carbons (Fsp3) is 0.294. The van der Waals surface area contributed by atoms with E-state index in [1.807, 2.05) is 27.7 Å². The summed E-state index contributed by atoms with van der Waals surface area (Å²) in [5, 5.41) is 0. The molecule has 0 aliphatic rings. The third-order valence-electron chi connectivity index (χ3n) is 3.20. The molecule has 2 rings (SSSR count). The molecule has 1 aromatic heterocycles. The average molecular weight is 346 g/mol. The highest BCUT2D eigenvalue weighted by Crippen LogP contribution is 2.26. The van der Waals surface area contributed by atoms with Crippen molar-refractivity contribution in [2.24, 2.45) is 0 Å². The van der Waals surface area contributed by atoms with Crippen LogP contribution in [0.25, 0.3) is 0 Å². The van der Waals surface area contributed by atoms with Crippen LogP contribution in [0.15, 0.2) is 0 Å². The molecule has 0 bridgehead atoms. The quantitative estimate of drug-likeness (QED) is 0.245. The molecular formula is C17H15F5S. The zero-order valence-corrected chi connectivity index (χ0v) is 14.1. The molecule has 0 amide bonds. The first kappa shape index (κ1) is 19.2. The number of aryl methyl sites for hydroxylation is 1. The summed E-state index contributed by atoms with van der Waals surface area (Å²) in [6, 6.07) is 0. The molecular weight excluding hydrogens is 331 g/mol. The van der Waals surface area contributed by atoms with Crippen LogP contribution in [-0.4, -0.2) is 0 Å². The minimum atomic E-state index is -2.19. The van der Waals surface area contributed by atoms with E-state index in [1.165, 1.54) is 11.3 Å². The molecule has 1 aromatic carbocycles. The largest absolute Gasteiger partial charge is 0.202 e. The van der Waals surface area contributed by atoms with Gasteiger partial charge in [0.15, 0.2) is 23.3 Å². The standard InChI is InChI=1S/C15H9F5S.C2H6/c1-6-7(2)10(21-8(6)3)5-4-9-11(16)13(18)15(20)14(19)12(9)17;1-2/h1-3H3;1-2H3. The molecule has 0 atom stereocenters. The van der Waals surface area contributed by atoms with Gasteiger partial charge in [-0.1, -0.05) is 25.7 Å². The SMILES string of the molecule is CC.Cc1sc(C#Cc2c(F)c(F)c(F)c(F)c2F)c(C)c1C. The van der Waals surface area contributed by atoms with E-state index in [1.54, 1.807) is 6.92 Å². The number of hydrogen-bond acceptors (Lipinski definition) is 1. The lowest BCUT2D eigenvalue weighted by Crippen LogP contribution is -2.04. The molecule has 0 aliphatic heterocycles. The molecule has 0 radical (unpaired) electrons. The fourth-order valence-electron chi connectivity index (χ4n) is 1.69. The Hall–Kier alpha value is -1.87. The number of hydrogen-bond donors (Lipinski definition) is 0. The molecule has 1 heterocycles. The highest BCUT2D eigenvalue weighted by molar-refractivity contribution is 7.12. The first-order valence-corrected chi connectivity index (χ1v) is 7.67. The summed E-state index contributed by atoms with van der Waals surface area (Å²) in [6.07, 6.45) is 0. The highest BCUT2D eigenvalue weighted by atomic mass is 32.1. The Morgan fingerprint density at radius 3 is 1.48 bits per heavy atom. The number of thiophene rings is 1. The molecule has 0 saturated carbocycles. The van der Waals surface area contributed by atoms with E-state index < -0.39 is 34.6 Å². The molecule has 6 heteroatoms. The van der Waals surface area contributed by atoms with Crippen molar-refractivity contribution < 1.29 is 22.0 Å².